The lowest BCUT2D eigenvalue weighted by Crippen LogP contribution is -2.07. The highest BCUT2D eigenvalue weighted by Gasteiger charge is 2.30. The van der Waals surface area contributed by atoms with Gasteiger partial charge in [0, 0.05) is 5.56 Å². The molecule has 0 saturated heterocycles. The number of hydrogen-bond donors (Lipinski definition) is 3. The van der Waals surface area contributed by atoms with Crippen molar-refractivity contribution in [1.29, 1.82) is 0 Å². The number of nitrogens with two attached hydrogens (primary N) is 3. The smallest absolute Gasteiger partial charge is 0.382 e. The van der Waals surface area contributed by atoms with Gasteiger partial charge in [-0.05, 0) is 12.1 Å². The molecule has 0 aliphatic rings. The Balaban J connectivity index is 2.14. The Morgan fingerprint density at radius 3 is 2.04 bits per heavy atom. The van der Waals surface area contributed by atoms with Gasteiger partial charge < -0.3 is 17.2 Å². The van der Waals surface area contributed by atoms with Gasteiger partial charge in [0.25, 0.3) is 0 Å². The number of hydrogen-bond acceptors (Lipinski definition) is 7. The Bertz CT molecular complexity index is 891. The molecule has 0 amide bonds. The minimum Gasteiger partial charge on any atom is -0.382 e. The monoisotopic (exact) mass is 321 g/mol. The molecule has 3 rings (SSSR count). The van der Waals surface area contributed by atoms with Crippen LogP contribution in [0.2, 0.25) is 0 Å². The van der Waals surface area contributed by atoms with Crippen LogP contribution in [0.25, 0.3) is 22.4 Å². The number of aromatic nitrogens is 4. The van der Waals surface area contributed by atoms with Gasteiger partial charge in [-0.25, -0.2) is 9.97 Å². The molecule has 0 atom stereocenters. The van der Waals surface area contributed by atoms with Gasteiger partial charge in [-0.15, -0.1) is 0 Å². The minimum atomic E-state index is -4.42. The van der Waals surface area contributed by atoms with Gasteiger partial charge in [0.05, 0.1) is 5.56 Å². The second-order valence-electron chi connectivity index (χ2n) is 4.67. The van der Waals surface area contributed by atoms with Crippen LogP contribution in [-0.4, -0.2) is 19.9 Å². The summed E-state index contributed by atoms with van der Waals surface area (Å²) in [6.07, 6.45) is -4.42. The lowest BCUT2D eigenvalue weighted by Gasteiger charge is -2.09. The van der Waals surface area contributed by atoms with E-state index in [2.05, 4.69) is 19.9 Å². The number of fused-ring (bicyclic) bond motifs is 1. The Morgan fingerprint density at radius 1 is 0.783 bits per heavy atom. The average Bonchev–Trinajstić information content (AvgIpc) is 2.45. The maximum Gasteiger partial charge on any atom is 0.416 e. The van der Waals surface area contributed by atoms with Gasteiger partial charge in [0.15, 0.2) is 22.8 Å². The second kappa shape index (κ2) is 4.93. The molecule has 0 radical (unpaired) electrons. The molecule has 0 aliphatic heterocycles. The summed E-state index contributed by atoms with van der Waals surface area (Å²) in [4.78, 5) is 15.9. The summed E-state index contributed by atoms with van der Waals surface area (Å²) < 4.78 is 37.8. The number of benzene rings is 1. The van der Waals surface area contributed by atoms with E-state index in [1.165, 1.54) is 12.1 Å². The van der Waals surface area contributed by atoms with E-state index < -0.39 is 11.7 Å². The molecule has 6 N–H and O–H groups in total. The van der Waals surface area contributed by atoms with Gasteiger partial charge in [-0.1, -0.05) is 12.1 Å². The van der Waals surface area contributed by atoms with Crippen LogP contribution in [0, 0.1) is 0 Å². The maximum absolute atomic E-state index is 12.6. The topological polar surface area (TPSA) is 130 Å². The zero-order chi connectivity index (χ0) is 16.8. The molecule has 0 saturated carbocycles. The molecule has 10 heteroatoms. The molecular formula is C13H10F3N7. The Kier molecular flexibility index (Phi) is 3.17. The fraction of sp³-hybridized carbons (Fsp3) is 0.0769. The summed E-state index contributed by atoms with van der Waals surface area (Å²) in [6.45, 7) is 0. The zero-order valence-corrected chi connectivity index (χ0v) is 11.5. The van der Waals surface area contributed by atoms with Crippen LogP contribution < -0.4 is 17.2 Å². The fourth-order valence-corrected chi connectivity index (χ4v) is 2.03. The van der Waals surface area contributed by atoms with Crippen molar-refractivity contribution in [3.8, 4) is 11.3 Å². The molecule has 0 unspecified atom stereocenters. The summed E-state index contributed by atoms with van der Waals surface area (Å²) in [5.41, 5.74) is 17.0. The third kappa shape index (κ3) is 2.65. The molecule has 1 aromatic carbocycles. The second-order valence-corrected chi connectivity index (χ2v) is 4.67. The number of anilines is 3. The molecule has 0 fully saturated rings. The zero-order valence-electron chi connectivity index (χ0n) is 11.5. The minimum absolute atomic E-state index is 0.00485. The highest BCUT2D eigenvalue weighted by atomic mass is 19.4. The van der Waals surface area contributed by atoms with Crippen LogP contribution in [0.1, 0.15) is 5.56 Å². The van der Waals surface area contributed by atoms with Gasteiger partial charge >= 0.3 is 6.18 Å². The predicted octanol–water partition coefficient (Wildman–Crippen LogP) is 1.85. The van der Waals surface area contributed by atoms with Crippen molar-refractivity contribution in [2.45, 2.75) is 6.18 Å². The molecule has 3 aromatic rings. The van der Waals surface area contributed by atoms with E-state index >= 15 is 0 Å². The largest absolute Gasteiger partial charge is 0.416 e. The molecule has 2 aromatic heterocycles. The first kappa shape index (κ1) is 14.8. The molecule has 0 spiro atoms. The summed E-state index contributed by atoms with van der Waals surface area (Å²) in [5.74, 6) is -0.0751. The molecule has 7 nitrogen and oxygen atoms in total. The number of alkyl halides is 3. The van der Waals surface area contributed by atoms with E-state index in [1.54, 1.807) is 0 Å². The lowest BCUT2D eigenvalue weighted by atomic mass is 10.1. The Morgan fingerprint density at radius 2 is 1.43 bits per heavy atom. The van der Waals surface area contributed by atoms with Crippen LogP contribution in [0.5, 0.6) is 0 Å². The van der Waals surface area contributed by atoms with Crippen LogP contribution in [0.4, 0.5) is 30.8 Å². The third-order valence-corrected chi connectivity index (χ3v) is 3.09. The Labute approximate surface area is 127 Å². The summed E-state index contributed by atoms with van der Waals surface area (Å²) in [5, 5.41) is 0. The molecular weight excluding hydrogens is 311 g/mol. The standard InChI is InChI=1S/C13H10F3N7/c14-13(15,16)6-3-1-5(2-4-6)7-9(17)21-11-8(20-7)10(18)22-12(19)23-11/h1-4H,(H6,17,18,19,21,22,23). The average molecular weight is 321 g/mol. The molecule has 0 bridgehead atoms. The van der Waals surface area contributed by atoms with Crippen molar-refractivity contribution in [1.82, 2.24) is 19.9 Å². The molecule has 2 heterocycles. The summed E-state index contributed by atoms with van der Waals surface area (Å²) in [7, 11) is 0. The highest BCUT2D eigenvalue weighted by Crippen LogP contribution is 2.32. The quantitative estimate of drug-likeness (QED) is 0.623. The van der Waals surface area contributed by atoms with Crippen molar-refractivity contribution in [2.75, 3.05) is 17.2 Å². The predicted molar refractivity (Wildman–Crippen MR) is 78.8 cm³/mol. The van der Waals surface area contributed by atoms with Crippen molar-refractivity contribution < 1.29 is 13.2 Å². The van der Waals surface area contributed by atoms with E-state index in [0.29, 0.717) is 5.56 Å². The normalized spacial score (nSPS) is 11.8. The summed E-state index contributed by atoms with van der Waals surface area (Å²) in [6, 6.07) is 4.37. The maximum atomic E-state index is 12.6. The van der Waals surface area contributed by atoms with E-state index in [9.17, 15) is 13.2 Å². The number of nitrogens with zero attached hydrogens (tertiary/aromatic N) is 4. The molecule has 118 valence electrons. The van der Waals surface area contributed by atoms with Crippen molar-refractivity contribution in [3.05, 3.63) is 29.8 Å². The van der Waals surface area contributed by atoms with Gasteiger partial charge in [-0.3, -0.25) is 0 Å². The first-order valence-corrected chi connectivity index (χ1v) is 6.29. The van der Waals surface area contributed by atoms with Crippen molar-refractivity contribution in [2.24, 2.45) is 0 Å². The van der Waals surface area contributed by atoms with Crippen molar-refractivity contribution >= 4 is 28.7 Å². The first-order chi connectivity index (χ1) is 10.8. The van der Waals surface area contributed by atoms with Gasteiger partial charge in [-0.2, -0.15) is 23.1 Å². The summed E-state index contributed by atoms with van der Waals surface area (Å²) >= 11 is 0. The van der Waals surface area contributed by atoms with E-state index in [0.717, 1.165) is 12.1 Å². The number of rotatable bonds is 1. The van der Waals surface area contributed by atoms with Crippen molar-refractivity contribution in [3.63, 3.8) is 0 Å². The van der Waals surface area contributed by atoms with E-state index in [-0.39, 0.29) is 34.4 Å². The highest BCUT2D eigenvalue weighted by molar-refractivity contribution is 5.87. The van der Waals surface area contributed by atoms with Crippen LogP contribution >= 0.6 is 0 Å². The first-order valence-electron chi connectivity index (χ1n) is 6.29. The van der Waals surface area contributed by atoms with E-state index in [4.69, 9.17) is 17.2 Å². The number of halogens is 3. The molecule has 0 aliphatic carbocycles. The Hall–Kier alpha value is -3.17. The number of nitrogen functional groups attached to an aromatic ring is 3. The third-order valence-electron chi connectivity index (χ3n) is 3.09. The SMILES string of the molecule is Nc1nc(N)c2nc(-c3ccc(C(F)(F)F)cc3)c(N)nc2n1. The van der Waals surface area contributed by atoms with Crippen LogP contribution in [-0.2, 0) is 6.18 Å². The van der Waals surface area contributed by atoms with Gasteiger partial charge in [0.1, 0.15) is 5.69 Å². The lowest BCUT2D eigenvalue weighted by molar-refractivity contribution is -0.137. The fourth-order valence-electron chi connectivity index (χ4n) is 2.03. The van der Waals surface area contributed by atoms with Gasteiger partial charge in [0.2, 0.25) is 5.95 Å². The van der Waals surface area contributed by atoms with E-state index in [1.807, 2.05) is 0 Å². The molecule has 23 heavy (non-hydrogen) atoms. The van der Waals surface area contributed by atoms with Crippen LogP contribution in [0.15, 0.2) is 24.3 Å². The van der Waals surface area contributed by atoms with Crippen LogP contribution in [0.3, 0.4) is 0 Å².